The second kappa shape index (κ2) is 8.29. The normalized spacial score (nSPS) is 19.8. The molecule has 0 radical (unpaired) electrons. The fourth-order valence-corrected chi connectivity index (χ4v) is 2.55. The molecule has 1 amide bonds. The summed E-state index contributed by atoms with van der Waals surface area (Å²) in [6.45, 7) is 4.15. The van der Waals surface area contributed by atoms with Crippen molar-refractivity contribution in [3.05, 3.63) is 28.8 Å². The van der Waals surface area contributed by atoms with Crippen molar-refractivity contribution in [2.45, 2.75) is 38.9 Å². The van der Waals surface area contributed by atoms with E-state index in [1.54, 1.807) is 6.07 Å². The van der Waals surface area contributed by atoms with Gasteiger partial charge in [0.05, 0.1) is 18.8 Å². The van der Waals surface area contributed by atoms with Crippen LogP contribution in [-0.2, 0) is 14.3 Å². The van der Waals surface area contributed by atoms with Crippen LogP contribution in [-0.4, -0.2) is 37.7 Å². The Morgan fingerprint density at radius 1 is 1.35 bits per heavy atom. The van der Waals surface area contributed by atoms with Gasteiger partial charge in [-0.15, -0.1) is 12.4 Å². The van der Waals surface area contributed by atoms with Crippen molar-refractivity contribution < 1.29 is 19.1 Å². The highest BCUT2D eigenvalue weighted by molar-refractivity contribution is 5.97. The maximum atomic E-state index is 12.2. The number of carbonyl (C=O) groups excluding carboxylic acids is 2. The Balaban J connectivity index is 0.00000264. The highest BCUT2D eigenvalue weighted by atomic mass is 35.5. The molecular formula is C16H23ClN2O4. The average molecular weight is 343 g/mol. The first kappa shape index (κ1) is 19.4. The van der Waals surface area contributed by atoms with E-state index in [1.165, 1.54) is 7.11 Å². The minimum absolute atomic E-state index is 0. The van der Waals surface area contributed by atoms with Crippen molar-refractivity contribution in [1.29, 1.82) is 0 Å². The summed E-state index contributed by atoms with van der Waals surface area (Å²) in [7, 11) is 1.34. The van der Waals surface area contributed by atoms with E-state index in [0.717, 1.165) is 17.5 Å². The number of rotatable bonds is 4. The molecule has 1 aromatic rings. The fraction of sp³-hybridized carbons (Fsp3) is 0.500. The highest BCUT2D eigenvalue weighted by Crippen LogP contribution is 2.23. The summed E-state index contributed by atoms with van der Waals surface area (Å²) in [4.78, 5) is 24.0. The second-order valence-electron chi connectivity index (χ2n) is 5.51. The molecule has 0 saturated carbocycles. The van der Waals surface area contributed by atoms with Crippen molar-refractivity contribution in [2.24, 2.45) is 5.73 Å². The summed E-state index contributed by atoms with van der Waals surface area (Å²) >= 11 is 0. The Kier molecular flexibility index (Phi) is 7.00. The van der Waals surface area contributed by atoms with Crippen LogP contribution in [0.3, 0.4) is 0 Å². The van der Waals surface area contributed by atoms with E-state index in [1.807, 2.05) is 19.9 Å². The van der Waals surface area contributed by atoms with Crippen LogP contribution < -0.4 is 11.1 Å². The van der Waals surface area contributed by atoms with Gasteiger partial charge in [0.25, 0.3) is 5.91 Å². The number of anilines is 1. The fourth-order valence-electron chi connectivity index (χ4n) is 2.55. The summed E-state index contributed by atoms with van der Waals surface area (Å²) in [5.74, 6) is -0.632. The quantitative estimate of drug-likeness (QED) is 0.816. The summed E-state index contributed by atoms with van der Waals surface area (Å²) in [5, 5.41) is 2.80. The van der Waals surface area contributed by atoms with E-state index in [0.29, 0.717) is 24.2 Å². The summed E-state index contributed by atoms with van der Waals surface area (Å²) in [5.41, 5.74) is 8.30. The number of methoxy groups -OCH3 is 1. The Labute approximate surface area is 142 Å². The van der Waals surface area contributed by atoms with Crippen molar-refractivity contribution >= 4 is 30.0 Å². The monoisotopic (exact) mass is 342 g/mol. The van der Waals surface area contributed by atoms with E-state index in [9.17, 15) is 9.59 Å². The lowest BCUT2D eigenvalue weighted by Crippen LogP contribution is -2.30. The Morgan fingerprint density at radius 3 is 2.61 bits per heavy atom. The van der Waals surface area contributed by atoms with Crippen molar-refractivity contribution in [3.63, 3.8) is 0 Å². The predicted octanol–water partition coefficient (Wildman–Crippen LogP) is 1.96. The molecule has 1 aliphatic heterocycles. The first-order valence-corrected chi connectivity index (χ1v) is 7.32. The number of amides is 1. The zero-order valence-corrected chi connectivity index (χ0v) is 14.4. The Bertz CT molecular complexity index is 592. The number of nitrogens with two attached hydrogens (primary N) is 1. The predicted molar refractivity (Wildman–Crippen MR) is 90.1 cm³/mol. The van der Waals surface area contributed by atoms with E-state index in [-0.39, 0.29) is 24.4 Å². The summed E-state index contributed by atoms with van der Waals surface area (Å²) < 4.78 is 10.3. The number of hydrogen-bond acceptors (Lipinski definition) is 5. The lowest BCUT2D eigenvalue weighted by molar-refractivity contribution is -0.126. The molecule has 128 valence electrons. The molecule has 0 unspecified atom stereocenters. The minimum Gasteiger partial charge on any atom is -0.465 e. The number of carbonyl (C=O) groups is 2. The molecule has 1 saturated heterocycles. The van der Waals surface area contributed by atoms with Gasteiger partial charge in [0.15, 0.2) is 0 Å². The maximum Gasteiger partial charge on any atom is 0.338 e. The van der Waals surface area contributed by atoms with Crippen LogP contribution in [0, 0.1) is 13.8 Å². The van der Waals surface area contributed by atoms with Crippen LogP contribution in [0.15, 0.2) is 12.1 Å². The molecule has 23 heavy (non-hydrogen) atoms. The van der Waals surface area contributed by atoms with Crippen LogP contribution in [0.4, 0.5) is 5.69 Å². The smallest absolute Gasteiger partial charge is 0.338 e. The Morgan fingerprint density at radius 2 is 2.04 bits per heavy atom. The molecule has 2 atom stereocenters. The number of nitrogens with one attached hydrogen (secondary N) is 1. The molecule has 0 bridgehead atoms. The third-order valence-electron chi connectivity index (χ3n) is 4.00. The van der Waals surface area contributed by atoms with E-state index >= 15 is 0 Å². The SMILES string of the molecule is COC(=O)c1cc(NC(=O)[C@@H]2CC[C@H](CN)O2)cc(C)c1C.Cl. The molecule has 1 heterocycles. The van der Waals surface area contributed by atoms with Crippen molar-refractivity contribution in [3.8, 4) is 0 Å². The molecule has 7 heteroatoms. The standard InChI is InChI=1S/C16H22N2O4.ClH/c1-9-6-11(7-13(10(9)2)16(20)21-3)18-15(19)14-5-4-12(8-17)22-14;/h6-7,12,14H,4-5,8,17H2,1-3H3,(H,18,19);1H/t12-,14+;/m1./s1. The molecule has 2 rings (SSSR count). The lowest BCUT2D eigenvalue weighted by Gasteiger charge is -2.15. The summed E-state index contributed by atoms with van der Waals surface area (Å²) in [6, 6.07) is 3.45. The van der Waals surface area contributed by atoms with Crippen LogP contribution in [0.5, 0.6) is 0 Å². The molecule has 6 nitrogen and oxygen atoms in total. The number of aryl methyl sites for hydroxylation is 1. The molecule has 1 aromatic carbocycles. The number of ether oxygens (including phenoxy) is 2. The molecular weight excluding hydrogens is 320 g/mol. The van der Waals surface area contributed by atoms with Crippen molar-refractivity contribution in [2.75, 3.05) is 19.0 Å². The van der Waals surface area contributed by atoms with Gasteiger partial charge in [0, 0.05) is 12.2 Å². The van der Waals surface area contributed by atoms with Gasteiger partial charge in [0.1, 0.15) is 6.10 Å². The van der Waals surface area contributed by atoms with E-state index in [2.05, 4.69) is 5.32 Å². The highest BCUT2D eigenvalue weighted by Gasteiger charge is 2.30. The van der Waals surface area contributed by atoms with Gasteiger partial charge in [-0.2, -0.15) is 0 Å². The van der Waals surface area contributed by atoms with Gasteiger partial charge in [0.2, 0.25) is 0 Å². The Hall–Kier alpha value is -1.63. The molecule has 1 fully saturated rings. The van der Waals surface area contributed by atoms with Crippen LogP contribution >= 0.6 is 12.4 Å². The first-order valence-electron chi connectivity index (χ1n) is 7.32. The molecule has 0 spiro atoms. The second-order valence-corrected chi connectivity index (χ2v) is 5.51. The van der Waals surface area contributed by atoms with Crippen molar-refractivity contribution in [1.82, 2.24) is 0 Å². The molecule has 0 aromatic heterocycles. The minimum atomic E-state index is -0.489. The first-order chi connectivity index (χ1) is 10.5. The van der Waals surface area contributed by atoms with Gasteiger partial charge in [-0.25, -0.2) is 4.79 Å². The summed E-state index contributed by atoms with van der Waals surface area (Å²) in [6.07, 6.45) is 0.898. The van der Waals surface area contributed by atoms with Gasteiger partial charge in [-0.1, -0.05) is 0 Å². The third-order valence-corrected chi connectivity index (χ3v) is 4.00. The van der Waals surface area contributed by atoms with Gasteiger partial charge in [-0.3, -0.25) is 4.79 Å². The topological polar surface area (TPSA) is 90.7 Å². The zero-order valence-electron chi connectivity index (χ0n) is 13.5. The lowest BCUT2D eigenvalue weighted by atomic mass is 10.0. The average Bonchev–Trinajstić information content (AvgIpc) is 2.99. The van der Waals surface area contributed by atoms with E-state index in [4.69, 9.17) is 15.2 Å². The van der Waals surface area contributed by atoms with E-state index < -0.39 is 12.1 Å². The number of hydrogen-bond donors (Lipinski definition) is 2. The number of esters is 1. The number of benzene rings is 1. The third kappa shape index (κ3) is 4.43. The maximum absolute atomic E-state index is 12.2. The van der Waals surface area contributed by atoms with Gasteiger partial charge >= 0.3 is 5.97 Å². The van der Waals surface area contributed by atoms with Gasteiger partial charge < -0.3 is 20.5 Å². The van der Waals surface area contributed by atoms with Crippen LogP contribution in [0.1, 0.15) is 34.3 Å². The molecule has 1 aliphatic rings. The molecule has 0 aliphatic carbocycles. The van der Waals surface area contributed by atoms with Crippen LogP contribution in [0.25, 0.3) is 0 Å². The molecule has 3 N–H and O–H groups in total. The van der Waals surface area contributed by atoms with Gasteiger partial charge in [-0.05, 0) is 49.9 Å². The zero-order chi connectivity index (χ0) is 16.3. The largest absolute Gasteiger partial charge is 0.465 e. The van der Waals surface area contributed by atoms with Crippen LogP contribution in [0.2, 0.25) is 0 Å². The number of halogens is 1.